The Morgan fingerprint density at radius 2 is 2.10 bits per heavy atom. The van der Waals surface area contributed by atoms with Gasteiger partial charge in [-0.3, -0.25) is 14.5 Å². The minimum absolute atomic E-state index is 0.00153. The molecule has 2 N–H and O–H groups in total. The Labute approximate surface area is 120 Å². The lowest BCUT2D eigenvalue weighted by Gasteiger charge is -2.22. The van der Waals surface area contributed by atoms with Crippen LogP contribution in [0, 0.1) is 11.6 Å². The highest BCUT2D eigenvalue weighted by atomic mass is 19.2. The Bertz CT molecular complexity index is 551. The van der Waals surface area contributed by atoms with Gasteiger partial charge >= 0.3 is 5.97 Å². The number of hydrogen-bond donors (Lipinski definition) is 2. The summed E-state index contributed by atoms with van der Waals surface area (Å²) >= 11 is 0. The highest BCUT2D eigenvalue weighted by Crippen LogP contribution is 2.20. The number of carbonyl (C=O) groups excluding carboxylic acids is 1. The summed E-state index contributed by atoms with van der Waals surface area (Å²) in [6.45, 7) is 0.695. The third-order valence-corrected chi connectivity index (χ3v) is 3.46. The molecule has 0 saturated carbocycles. The van der Waals surface area contributed by atoms with Crippen molar-refractivity contribution in [1.29, 1.82) is 0 Å². The largest absolute Gasteiger partial charge is 0.481 e. The third-order valence-electron chi connectivity index (χ3n) is 3.46. The lowest BCUT2D eigenvalue weighted by molar-refractivity contribution is -0.138. The summed E-state index contributed by atoms with van der Waals surface area (Å²) in [6.07, 6.45) is 1.58. The zero-order valence-corrected chi connectivity index (χ0v) is 11.3. The minimum Gasteiger partial charge on any atom is -0.481 e. The first-order valence-corrected chi connectivity index (χ1v) is 6.66. The van der Waals surface area contributed by atoms with E-state index in [1.54, 1.807) is 4.90 Å². The molecule has 2 rings (SSSR count). The van der Waals surface area contributed by atoms with Gasteiger partial charge in [-0.2, -0.15) is 0 Å². The van der Waals surface area contributed by atoms with Crippen molar-refractivity contribution in [3.8, 4) is 0 Å². The molecule has 1 atom stereocenters. The number of benzene rings is 1. The fourth-order valence-corrected chi connectivity index (χ4v) is 2.49. The van der Waals surface area contributed by atoms with Gasteiger partial charge in [-0.1, -0.05) is 0 Å². The molecule has 1 saturated heterocycles. The van der Waals surface area contributed by atoms with Crippen molar-refractivity contribution in [3.05, 3.63) is 29.8 Å². The van der Waals surface area contributed by atoms with E-state index >= 15 is 0 Å². The van der Waals surface area contributed by atoms with Crippen molar-refractivity contribution in [1.82, 2.24) is 4.90 Å². The summed E-state index contributed by atoms with van der Waals surface area (Å²) in [5, 5.41) is 11.3. The smallest absolute Gasteiger partial charge is 0.304 e. The molecule has 0 aromatic heterocycles. The van der Waals surface area contributed by atoms with E-state index in [1.165, 1.54) is 6.07 Å². The molecule has 0 radical (unpaired) electrons. The maximum absolute atomic E-state index is 13.0. The van der Waals surface area contributed by atoms with Crippen molar-refractivity contribution >= 4 is 17.6 Å². The highest BCUT2D eigenvalue weighted by Gasteiger charge is 2.27. The second kappa shape index (κ2) is 6.62. The molecule has 1 fully saturated rings. The van der Waals surface area contributed by atoms with Gasteiger partial charge in [0.2, 0.25) is 5.91 Å². The molecule has 1 aromatic carbocycles. The van der Waals surface area contributed by atoms with Crippen molar-refractivity contribution in [3.63, 3.8) is 0 Å². The lowest BCUT2D eigenvalue weighted by Crippen LogP contribution is -2.37. The number of halogens is 2. The van der Waals surface area contributed by atoms with Gasteiger partial charge in [0.05, 0.1) is 13.0 Å². The Hall–Kier alpha value is -2.02. The predicted molar refractivity (Wildman–Crippen MR) is 71.8 cm³/mol. The van der Waals surface area contributed by atoms with E-state index in [-0.39, 0.29) is 30.6 Å². The quantitative estimate of drug-likeness (QED) is 0.870. The second-order valence-corrected chi connectivity index (χ2v) is 5.04. The number of carbonyl (C=O) groups is 2. The van der Waals surface area contributed by atoms with E-state index < -0.39 is 17.6 Å². The second-order valence-electron chi connectivity index (χ2n) is 5.04. The van der Waals surface area contributed by atoms with Crippen LogP contribution in [0.3, 0.4) is 0 Å². The Morgan fingerprint density at radius 1 is 1.33 bits per heavy atom. The van der Waals surface area contributed by atoms with E-state index in [9.17, 15) is 18.4 Å². The van der Waals surface area contributed by atoms with Crippen LogP contribution in [0.15, 0.2) is 18.2 Å². The zero-order chi connectivity index (χ0) is 15.4. The van der Waals surface area contributed by atoms with Crippen molar-refractivity contribution in [2.45, 2.75) is 25.3 Å². The number of rotatable bonds is 5. The first-order valence-electron chi connectivity index (χ1n) is 6.66. The number of hydrogen-bond acceptors (Lipinski definition) is 3. The summed E-state index contributed by atoms with van der Waals surface area (Å²) in [4.78, 5) is 24.4. The first-order chi connectivity index (χ1) is 9.95. The number of aliphatic carboxylic acids is 1. The van der Waals surface area contributed by atoms with Crippen LogP contribution in [-0.4, -0.2) is 41.0 Å². The van der Waals surface area contributed by atoms with E-state index in [2.05, 4.69) is 5.32 Å². The number of anilines is 1. The maximum Gasteiger partial charge on any atom is 0.304 e. The maximum atomic E-state index is 13.0. The molecule has 1 aliphatic heterocycles. The van der Waals surface area contributed by atoms with Crippen molar-refractivity contribution in [2.24, 2.45) is 0 Å². The van der Waals surface area contributed by atoms with E-state index in [0.717, 1.165) is 25.0 Å². The molecule has 1 aliphatic rings. The summed E-state index contributed by atoms with van der Waals surface area (Å²) < 4.78 is 25.8. The van der Waals surface area contributed by atoms with Crippen LogP contribution in [0.1, 0.15) is 19.3 Å². The fraction of sp³-hybridized carbons (Fsp3) is 0.429. The minimum atomic E-state index is -1.03. The molecule has 114 valence electrons. The normalized spacial score (nSPS) is 18.7. The average molecular weight is 298 g/mol. The van der Waals surface area contributed by atoms with Crippen LogP contribution in [0.4, 0.5) is 14.5 Å². The Morgan fingerprint density at radius 3 is 2.76 bits per heavy atom. The number of amides is 1. The monoisotopic (exact) mass is 298 g/mol. The van der Waals surface area contributed by atoms with Gasteiger partial charge in [0, 0.05) is 17.8 Å². The van der Waals surface area contributed by atoms with Crippen molar-refractivity contribution < 1.29 is 23.5 Å². The average Bonchev–Trinajstić information content (AvgIpc) is 2.80. The van der Waals surface area contributed by atoms with Crippen LogP contribution in [0.5, 0.6) is 0 Å². The van der Waals surface area contributed by atoms with Gasteiger partial charge in [-0.15, -0.1) is 0 Å². The lowest BCUT2D eigenvalue weighted by atomic mass is 10.1. The van der Waals surface area contributed by atoms with Gasteiger partial charge in [0.15, 0.2) is 11.6 Å². The molecule has 0 aliphatic carbocycles. The van der Waals surface area contributed by atoms with Gasteiger partial charge < -0.3 is 10.4 Å². The molecule has 0 bridgehead atoms. The summed E-state index contributed by atoms with van der Waals surface area (Å²) in [7, 11) is 0. The summed E-state index contributed by atoms with van der Waals surface area (Å²) in [6, 6.07) is 2.97. The van der Waals surface area contributed by atoms with Crippen molar-refractivity contribution in [2.75, 3.05) is 18.4 Å². The zero-order valence-electron chi connectivity index (χ0n) is 11.3. The summed E-state index contributed by atoms with van der Waals surface area (Å²) in [5.74, 6) is -3.28. The Balaban J connectivity index is 1.91. The molecule has 1 amide bonds. The van der Waals surface area contributed by atoms with Gasteiger partial charge in [0.25, 0.3) is 0 Å². The van der Waals surface area contributed by atoms with E-state index in [4.69, 9.17) is 5.11 Å². The molecular weight excluding hydrogens is 282 g/mol. The topological polar surface area (TPSA) is 69.6 Å². The van der Waals surface area contributed by atoms with Gasteiger partial charge in [0.1, 0.15) is 0 Å². The molecule has 1 unspecified atom stereocenters. The highest BCUT2D eigenvalue weighted by molar-refractivity contribution is 5.92. The third kappa shape index (κ3) is 4.22. The van der Waals surface area contributed by atoms with E-state index in [0.29, 0.717) is 6.54 Å². The molecule has 1 heterocycles. The molecule has 0 spiro atoms. The SMILES string of the molecule is O=C(O)CC1CCCN1CC(=O)Nc1ccc(F)c(F)c1. The molecule has 5 nitrogen and oxygen atoms in total. The Kier molecular flexibility index (Phi) is 4.85. The molecule has 7 heteroatoms. The number of likely N-dealkylation sites (tertiary alicyclic amines) is 1. The van der Waals surface area contributed by atoms with Crippen LogP contribution in [0.2, 0.25) is 0 Å². The number of carboxylic acids is 1. The summed E-state index contributed by atoms with van der Waals surface area (Å²) in [5.41, 5.74) is 0.174. The van der Waals surface area contributed by atoms with E-state index in [1.807, 2.05) is 0 Å². The molecule has 1 aromatic rings. The van der Waals surface area contributed by atoms with Gasteiger partial charge in [-0.05, 0) is 31.5 Å². The molecular formula is C14H16F2N2O3. The fourth-order valence-electron chi connectivity index (χ4n) is 2.49. The standard InChI is InChI=1S/C14H16F2N2O3/c15-11-4-3-9(6-12(11)16)17-13(19)8-18-5-1-2-10(18)7-14(20)21/h3-4,6,10H,1-2,5,7-8H2,(H,17,19)(H,20,21). The van der Waals surface area contributed by atoms with Crippen LogP contribution in [-0.2, 0) is 9.59 Å². The van der Waals surface area contributed by atoms with Crippen LogP contribution in [0.25, 0.3) is 0 Å². The number of carboxylic acid groups (broad SMARTS) is 1. The number of nitrogens with zero attached hydrogens (tertiary/aromatic N) is 1. The first kappa shape index (κ1) is 15.4. The van der Waals surface area contributed by atoms with Crippen LogP contribution >= 0.6 is 0 Å². The van der Waals surface area contributed by atoms with Crippen LogP contribution < -0.4 is 5.32 Å². The molecule has 21 heavy (non-hydrogen) atoms. The number of nitrogens with one attached hydrogen (secondary N) is 1. The van der Waals surface area contributed by atoms with Gasteiger partial charge in [-0.25, -0.2) is 8.78 Å². The predicted octanol–water partition coefficient (Wildman–Crippen LogP) is 1.84.